The Morgan fingerprint density at radius 2 is 1.33 bits per heavy atom. The van der Waals surface area contributed by atoms with Gasteiger partial charge in [0.2, 0.25) is 0 Å². The van der Waals surface area contributed by atoms with Crippen molar-refractivity contribution in [2.45, 2.75) is 37.3 Å². The quantitative estimate of drug-likeness (QED) is 0.205. The van der Waals surface area contributed by atoms with Crippen molar-refractivity contribution in [3.8, 4) is 0 Å². The second-order valence-electron chi connectivity index (χ2n) is 10.0. The van der Waals surface area contributed by atoms with Gasteiger partial charge < -0.3 is 24.1 Å². The third-order valence-electron chi connectivity index (χ3n) is 8.06. The molecule has 8 rings (SSSR count). The van der Waals surface area contributed by atoms with Gasteiger partial charge in [-0.15, -0.1) is 0 Å². The Morgan fingerprint density at radius 1 is 0.795 bits per heavy atom. The monoisotopic (exact) mass is 543 g/mol. The maximum Gasteiger partial charge on any atom is 0.259 e. The van der Waals surface area contributed by atoms with Crippen LogP contribution in [0.5, 0.6) is 0 Å². The number of fused-ring (bicyclic) bond motifs is 12. The molecule has 3 aliphatic rings. The molecule has 3 N–H and O–H groups in total. The van der Waals surface area contributed by atoms with E-state index in [2.05, 4.69) is 5.32 Å². The van der Waals surface area contributed by atoms with Crippen molar-refractivity contribution in [3.63, 3.8) is 0 Å². The molecule has 0 aliphatic carbocycles. The third kappa shape index (κ3) is 2.57. The number of hydrogen-bond acceptors (Lipinski definition) is 5. The molecule has 2 aromatic heterocycles. The van der Waals surface area contributed by atoms with E-state index in [1.54, 1.807) is 0 Å². The minimum Gasteiger partial charge on any atom is -0.387 e. The number of aliphatic hydroxyl groups excluding tert-OH is 2. The first-order valence-corrected chi connectivity index (χ1v) is 11.9. The number of benzene rings is 3. The fourth-order valence-electron chi connectivity index (χ4n) is 6.47. The summed E-state index contributed by atoms with van der Waals surface area (Å²) in [5, 5.41) is 23.7. The van der Waals surface area contributed by atoms with Crippen molar-refractivity contribution in [1.82, 2.24) is 14.5 Å². The van der Waals surface area contributed by atoms with E-state index >= 15 is 4.39 Å². The van der Waals surface area contributed by atoms with E-state index in [9.17, 15) is 37.4 Å². The van der Waals surface area contributed by atoms with Crippen LogP contribution < -0.4 is 5.32 Å². The number of nitrogens with one attached hydrogen (secondary N) is 1. The Bertz CT molecular complexity index is 2010. The summed E-state index contributed by atoms with van der Waals surface area (Å²) in [6.45, 7) is -0.330. The van der Waals surface area contributed by atoms with E-state index in [1.165, 1.54) is 9.13 Å². The SMILES string of the molecule is O=C1NC(=O)c2c1c1c3cc(F)c(F)cc3n3c1c1c2c2cc(F)c(F)cc2n1C1OC(C3)C(O)C(F)C1O. The van der Waals surface area contributed by atoms with E-state index in [-0.39, 0.29) is 61.3 Å². The largest absolute Gasteiger partial charge is 0.387 e. The first kappa shape index (κ1) is 22.9. The zero-order valence-corrected chi connectivity index (χ0v) is 19.3. The van der Waals surface area contributed by atoms with Crippen LogP contribution in [-0.2, 0) is 11.3 Å². The Hall–Kier alpha value is -4.07. The van der Waals surface area contributed by atoms with Crippen molar-refractivity contribution in [3.05, 3.63) is 58.7 Å². The zero-order valence-electron chi connectivity index (χ0n) is 19.3. The molecule has 3 aromatic carbocycles. The highest BCUT2D eigenvalue weighted by Gasteiger charge is 2.49. The van der Waals surface area contributed by atoms with Crippen molar-refractivity contribution >= 4 is 55.4 Å². The fourth-order valence-corrected chi connectivity index (χ4v) is 6.47. The van der Waals surface area contributed by atoms with E-state index in [0.717, 1.165) is 24.3 Å². The maximum absolute atomic E-state index is 15.2. The number of carbonyl (C=O) groups is 2. The first-order valence-electron chi connectivity index (χ1n) is 11.9. The smallest absolute Gasteiger partial charge is 0.259 e. The summed E-state index contributed by atoms with van der Waals surface area (Å²) in [5.74, 6) is -6.75. The predicted molar refractivity (Wildman–Crippen MR) is 125 cm³/mol. The van der Waals surface area contributed by atoms with Crippen LogP contribution in [0.3, 0.4) is 0 Å². The summed E-state index contributed by atoms with van der Waals surface area (Å²) >= 11 is 0. The van der Waals surface area contributed by atoms with Crippen molar-refractivity contribution in [2.75, 3.05) is 0 Å². The van der Waals surface area contributed by atoms with Crippen LogP contribution >= 0.6 is 0 Å². The van der Waals surface area contributed by atoms with Crippen LogP contribution in [-0.4, -0.2) is 55.6 Å². The number of imide groups is 1. The normalized spacial score (nSPS) is 26.2. The minimum atomic E-state index is -2.24. The lowest BCUT2D eigenvalue weighted by atomic mass is 9.95. The minimum absolute atomic E-state index is 0.0180. The van der Waals surface area contributed by atoms with Crippen molar-refractivity contribution < 1.29 is 46.5 Å². The first-order chi connectivity index (χ1) is 18.6. The van der Waals surface area contributed by atoms with Gasteiger partial charge in [0.1, 0.15) is 18.3 Å². The number of alkyl halides is 1. The molecule has 198 valence electrons. The van der Waals surface area contributed by atoms with Crippen LogP contribution in [0.25, 0.3) is 43.6 Å². The molecule has 1 saturated heterocycles. The zero-order chi connectivity index (χ0) is 27.2. The Balaban J connectivity index is 1.73. The number of hydrogen-bond donors (Lipinski definition) is 3. The van der Waals surface area contributed by atoms with Gasteiger partial charge in [0, 0.05) is 33.7 Å². The standard InChI is InChI=1S/C26H14F5N3O5/c27-8-1-6-12(3-10(8)29)33-5-14-22(35)19(31)23(36)26(39-14)34-13-4-11(30)9(28)2-7(13)16-18-17(24(37)32-25(18)38)15(6)20(33)21(16)34/h1-4,14,19,22-23,26,35-36H,5H2,(H,32,37,38). The molecule has 5 unspecified atom stereocenters. The molecule has 5 atom stereocenters. The van der Waals surface area contributed by atoms with Gasteiger partial charge in [-0.05, 0) is 12.1 Å². The lowest BCUT2D eigenvalue weighted by molar-refractivity contribution is -0.229. The van der Waals surface area contributed by atoms with Gasteiger partial charge >= 0.3 is 0 Å². The van der Waals surface area contributed by atoms with Crippen molar-refractivity contribution in [2.24, 2.45) is 0 Å². The number of ether oxygens (including phenoxy) is 1. The number of aromatic nitrogens is 2. The molecule has 5 aromatic rings. The summed E-state index contributed by atoms with van der Waals surface area (Å²) in [7, 11) is 0. The highest BCUT2D eigenvalue weighted by atomic mass is 19.2. The Morgan fingerprint density at radius 3 is 1.97 bits per heavy atom. The van der Waals surface area contributed by atoms with Gasteiger partial charge in [0.05, 0.1) is 39.7 Å². The van der Waals surface area contributed by atoms with E-state index in [0.29, 0.717) is 0 Å². The lowest BCUT2D eigenvalue weighted by Gasteiger charge is -2.42. The van der Waals surface area contributed by atoms with Crippen LogP contribution in [0.15, 0.2) is 24.3 Å². The molecular weight excluding hydrogens is 529 g/mol. The molecule has 5 heterocycles. The highest BCUT2D eigenvalue weighted by Crippen LogP contribution is 2.49. The predicted octanol–water partition coefficient (Wildman–Crippen LogP) is 3.31. The average molecular weight is 543 g/mol. The molecule has 1 fully saturated rings. The molecule has 13 heteroatoms. The molecule has 39 heavy (non-hydrogen) atoms. The van der Waals surface area contributed by atoms with E-state index < -0.39 is 65.8 Å². The fraction of sp³-hybridized carbons (Fsp3) is 0.231. The molecular formula is C26H14F5N3O5. The number of rotatable bonds is 0. The molecule has 2 bridgehead atoms. The summed E-state index contributed by atoms with van der Waals surface area (Å²) in [6, 6.07) is 3.31. The number of nitrogens with zero attached hydrogens (tertiary/aromatic N) is 2. The number of amides is 2. The van der Waals surface area contributed by atoms with Crippen LogP contribution in [0.1, 0.15) is 26.9 Å². The molecule has 0 spiro atoms. The van der Waals surface area contributed by atoms with E-state index in [4.69, 9.17) is 4.74 Å². The summed E-state index contributed by atoms with van der Waals surface area (Å²) in [4.78, 5) is 26.2. The van der Waals surface area contributed by atoms with Gasteiger partial charge in [-0.1, -0.05) is 0 Å². The number of aliphatic hydroxyl groups is 2. The topological polar surface area (TPSA) is 106 Å². The molecule has 2 amide bonds. The second-order valence-corrected chi connectivity index (χ2v) is 10.0. The average Bonchev–Trinajstić information content (AvgIpc) is 3.46. The molecule has 0 saturated carbocycles. The molecule has 3 aliphatic heterocycles. The third-order valence-corrected chi connectivity index (χ3v) is 8.06. The van der Waals surface area contributed by atoms with Crippen LogP contribution in [0.4, 0.5) is 22.0 Å². The van der Waals surface area contributed by atoms with Gasteiger partial charge in [0.15, 0.2) is 35.7 Å². The number of halogens is 5. The van der Waals surface area contributed by atoms with Gasteiger partial charge in [-0.2, -0.15) is 0 Å². The van der Waals surface area contributed by atoms with Crippen LogP contribution in [0.2, 0.25) is 0 Å². The Kier molecular flexibility index (Phi) is 4.17. The van der Waals surface area contributed by atoms with Gasteiger partial charge in [-0.25, -0.2) is 22.0 Å². The van der Waals surface area contributed by atoms with Crippen LogP contribution in [0, 0.1) is 23.3 Å². The van der Waals surface area contributed by atoms with Gasteiger partial charge in [-0.3, -0.25) is 14.9 Å². The summed E-state index contributed by atoms with van der Waals surface area (Å²) in [6.07, 6.45) is -8.98. The van der Waals surface area contributed by atoms with Crippen molar-refractivity contribution in [1.29, 1.82) is 0 Å². The van der Waals surface area contributed by atoms with E-state index in [1.807, 2.05) is 0 Å². The lowest BCUT2D eigenvalue weighted by Crippen LogP contribution is -2.55. The number of carbonyl (C=O) groups excluding carboxylic acids is 2. The molecule has 8 nitrogen and oxygen atoms in total. The van der Waals surface area contributed by atoms with Gasteiger partial charge in [0.25, 0.3) is 11.8 Å². The second kappa shape index (κ2) is 7.11. The summed E-state index contributed by atoms with van der Waals surface area (Å²) in [5.41, 5.74) is -0.321. The molecule has 0 radical (unpaired) electrons. The summed E-state index contributed by atoms with van der Waals surface area (Å²) < 4.78 is 82.0. The Labute approximate surface area is 212 Å². The maximum atomic E-state index is 15.2. The highest BCUT2D eigenvalue weighted by molar-refractivity contribution is 6.39.